The Morgan fingerprint density at radius 1 is 1.03 bits per heavy atom. The molecule has 0 spiro atoms. The highest BCUT2D eigenvalue weighted by Crippen LogP contribution is 2.47. The molecule has 1 amide bonds. The summed E-state index contributed by atoms with van der Waals surface area (Å²) in [5.74, 6) is 0.0413. The summed E-state index contributed by atoms with van der Waals surface area (Å²) >= 11 is 0. The van der Waals surface area contributed by atoms with E-state index in [4.69, 9.17) is 0 Å². The van der Waals surface area contributed by atoms with Crippen LogP contribution in [0.4, 0.5) is 0 Å². The van der Waals surface area contributed by atoms with Crippen molar-refractivity contribution in [1.82, 2.24) is 15.1 Å². The molecule has 0 radical (unpaired) electrons. The maximum Gasteiger partial charge on any atom is 0.272 e. The molecule has 154 valence electrons. The van der Waals surface area contributed by atoms with E-state index < -0.39 is 5.60 Å². The number of aromatic nitrogens is 2. The highest BCUT2D eigenvalue weighted by molar-refractivity contribution is 5.93. The first kappa shape index (κ1) is 19.1. The SMILES string of the molecule is O=C(c1cc(-c2ccccc2)n[nH]1)N1CCC(O)(c2ccccc2)[C@H]2CCCC[C@H]21. The Morgan fingerprint density at radius 2 is 1.73 bits per heavy atom. The largest absolute Gasteiger partial charge is 0.385 e. The summed E-state index contributed by atoms with van der Waals surface area (Å²) in [5, 5.41) is 19.0. The van der Waals surface area contributed by atoms with Crippen LogP contribution in [0.3, 0.4) is 0 Å². The molecule has 1 unspecified atom stereocenters. The van der Waals surface area contributed by atoms with Crippen molar-refractivity contribution >= 4 is 5.91 Å². The molecule has 5 heteroatoms. The molecule has 0 bridgehead atoms. The summed E-state index contributed by atoms with van der Waals surface area (Å²) < 4.78 is 0. The van der Waals surface area contributed by atoms with Gasteiger partial charge in [0.15, 0.2) is 0 Å². The first-order valence-electron chi connectivity index (χ1n) is 10.9. The van der Waals surface area contributed by atoms with Crippen LogP contribution in [-0.2, 0) is 5.60 Å². The molecule has 2 aliphatic rings. The molecule has 1 saturated carbocycles. The van der Waals surface area contributed by atoms with Crippen molar-refractivity contribution in [2.75, 3.05) is 6.54 Å². The first-order valence-corrected chi connectivity index (χ1v) is 10.9. The summed E-state index contributed by atoms with van der Waals surface area (Å²) in [6, 6.07) is 21.7. The monoisotopic (exact) mass is 401 g/mol. The Morgan fingerprint density at radius 3 is 2.50 bits per heavy atom. The van der Waals surface area contributed by atoms with Gasteiger partial charge in [0, 0.05) is 24.1 Å². The number of likely N-dealkylation sites (tertiary alicyclic amines) is 1. The van der Waals surface area contributed by atoms with Gasteiger partial charge in [0.2, 0.25) is 0 Å². The van der Waals surface area contributed by atoms with Gasteiger partial charge in [0.05, 0.1) is 11.3 Å². The predicted molar refractivity (Wildman–Crippen MR) is 116 cm³/mol. The van der Waals surface area contributed by atoms with Crippen LogP contribution < -0.4 is 0 Å². The molecule has 5 nitrogen and oxygen atoms in total. The van der Waals surface area contributed by atoms with E-state index in [1.807, 2.05) is 71.6 Å². The normalized spacial score (nSPS) is 26.2. The molecular formula is C25H27N3O2. The fraction of sp³-hybridized carbons (Fsp3) is 0.360. The van der Waals surface area contributed by atoms with Crippen LogP contribution in [0.15, 0.2) is 66.7 Å². The van der Waals surface area contributed by atoms with Gasteiger partial charge in [-0.1, -0.05) is 73.5 Å². The molecule has 3 atom stereocenters. The Bertz CT molecular complexity index is 1020. The number of nitrogens with one attached hydrogen (secondary N) is 1. The molecule has 30 heavy (non-hydrogen) atoms. The minimum absolute atomic E-state index is 0.0170. The van der Waals surface area contributed by atoms with Gasteiger partial charge in [-0.15, -0.1) is 0 Å². The number of carbonyl (C=O) groups is 1. The second-order valence-electron chi connectivity index (χ2n) is 8.53. The van der Waals surface area contributed by atoms with Gasteiger partial charge in [-0.05, 0) is 30.9 Å². The van der Waals surface area contributed by atoms with E-state index in [9.17, 15) is 9.90 Å². The number of H-pyrrole nitrogens is 1. The van der Waals surface area contributed by atoms with E-state index >= 15 is 0 Å². The van der Waals surface area contributed by atoms with Crippen molar-refractivity contribution in [2.45, 2.75) is 43.7 Å². The Labute approximate surface area is 176 Å². The van der Waals surface area contributed by atoms with Gasteiger partial charge in [-0.25, -0.2) is 0 Å². The summed E-state index contributed by atoms with van der Waals surface area (Å²) in [6.07, 6.45) is 4.63. The standard InChI is InChI=1S/C25H27N3O2/c29-24(22-17-21(26-27-22)18-9-3-1-4-10-18)28-16-15-25(30,19-11-5-2-6-12-19)20-13-7-8-14-23(20)28/h1-6,9-12,17,20,23,30H,7-8,13-16H2,(H,26,27)/t20-,23+,25?/m0/s1. The van der Waals surface area contributed by atoms with Crippen molar-refractivity contribution in [3.63, 3.8) is 0 Å². The van der Waals surface area contributed by atoms with Crippen LogP contribution in [0.5, 0.6) is 0 Å². The minimum Gasteiger partial charge on any atom is -0.385 e. The third kappa shape index (κ3) is 3.23. The third-order valence-electron chi connectivity index (χ3n) is 6.89. The predicted octanol–water partition coefficient (Wildman–Crippen LogP) is 4.37. The minimum atomic E-state index is -0.869. The number of benzene rings is 2. The van der Waals surface area contributed by atoms with E-state index in [0.29, 0.717) is 18.7 Å². The Kier molecular flexibility index (Phi) is 4.91. The van der Waals surface area contributed by atoms with E-state index in [2.05, 4.69) is 10.2 Å². The number of nitrogens with zero attached hydrogens (tertiary/aromatic N) is 2. The van der Waals surface area contributed by atoms with E-state index in [1.54, 1.807) is 0 Å². The zero-order chi connectivity index (χ0) is 20.6. The van der Waals surface area contributed by atoms with Gasteiger partial charge in [-0.3, -0.25) is 9.89 Å². The second-order valence-corrected chi connectivity index (χ2v) is 8.53. The van der Waals surface area contributed by atoms with E-state index in [1.165, 1.54) is 0 Å². The van der Waals surface area contributed by atoms with Crippen LogP contribution in [-0.4, -0.2) is 38.7 Å². The molecule has 3 aromatic rings. The zero-order valence-electron chi connectivity index (χ0n) is 17.0. The molecule has 1 aromatic heterocycles. The lowest BCUT2D eigenvalue weighted by molar-refractivity contribution is -0.110. The number of hydrogen-bond acceptors (Lipinski definition) is 3. The fourth-order valence-electron chi connectivity index (χ4n) is 5.36. The molecular weight excluding hydrogens is 374 g/mol. The zero-order valence-corrected chi connectivity index (χ0v) is 17.0. The van der Waals surface area contributed by atoms with Crippen LogP contribution in [0.25, 0.3) is 11.3 Å². The molecule has 2 heterocycles. The van der Waals surface area contributed by atoms with Gasteiger partial charge >= 0.3 is 0 Å². The van der Waals surface area contributed by atoms with Crippen molar-refractivity contribution < 1.29 is 9.90 Å². The average molecular weight is 402 g/mol. The van der Waals surface area contributed by atoms with Crippen molar-refractivity contribution in [2.24, 2.45) is 5.92 Å². The fourth-order valence-corrected chi connectivity index (χ4v) is 5.36. The Hall–Kier alpha value is -2.92. The maximum absolute atomic E-state index is 13.4. The highest BCUT2D eigenvalue weighted by atomic mass is 16.3. The van der Waals surface area contributed by atoms with Gasteiger partial charge < -0.3 is 10.0 Å². The number of piperidine rings is 1. The quantitative estimate of drug-likeness (QED) is 0.685. The molecule has 1 aliphatic heterocycles. The van der Waals surface area contributed by atoms with Crippen LogP contribution in [0.1, 0.15) is 48.2 Å². The number of amides is 1. The molecule has 2 N–H and O–H groups in total. The smallest absolute Gasteiger partial charge is 0.272 e. The number of hydrogen-bond donors (Lipinski definition) is 2. The van der Waals surface area contributed by atoms with Gasteiger partial charge in [-0.2, -0.15) is 5.10 Å². The lowest BCUT2D eigenvalue weighted by atomic mass is 9.66. The summed E-state index contributed by atoms with van der Waals surface area (Å²) in [6.45, 7) is 0.547. The molecule has 1 aliphatic carbocycles. The Balaban J connectivity index is 1.42. The number of fused-ring (bicyclic) bond motifs is 1. The van der Waals surface area contributed by atoms with Gasteiger partial charge in [0.25, 0.3) is 5.91 Å². The van der Waals surface area contributed by atoms with Crippen LogP contribution in [0.2, 0.25) is 0 Å². The third-order valence-corrected chi connectivity index (χ3v) is 6.89. The molecule has 5 rings (SSSR count). The maximum atomic E-state index is 13.4. The van der Waals surface area contributed by atoms with Gasteiger partial charge in [0.1, 0.15) is 5.69 Å². The van der Waals surface area contributed by atoms with Crippen LogP contribution >= 0.6 is 0 Å². The number of rotatable bonds is 3. The summed E-state index contributed by atoms with van der Waals surface area (Å²) in [7, 11) is 0. The molecule has 2 fully saturated rings. The number of aromatic amines is 1. The number of aliphatic hydroxyl groups is 1. The topological polar surface area (TPSA) is 69.2 Å². The van der Waals surface area contributed by atoms with E-state index in [-0.39, 0.29) is 17.9 Å². The summed E-state index contributed by atoms with van der Waals surface area (Å²) in [4.78, 5) is 15.4. The van der Waals surface area contributed by atoms with Crippen molar-refractivity contribution in [1.29, 1.82) is 0 Å². The van der Waals surface area contributed by atoms with Crippen LogP contribution in [0, 0.1) is 5.92 Å². The average Bonchev–Trinajstić information content (AvgIpc) is 3.31. The van der Waals surface area contributed by atoms with Crippen molar-refractivity contribution in [3.05, 3.63) is 78.0 Å². The van der Waals surface area contributed by atoms with E-state index in [0.717, 1.165) is 42.5 Å². The summed E-state index contributed by atoms with van der Waals surface area (Å²) in [5.41, 5.74) is 2.38. The van der Waals surface area contributed by atoms with Crippen molar-refractivity contribution in [3.8, 4) is 11.3 Å². The first-order chi connectivity index (χ1) is 14.7. The molecule has 1 saturated heterocycles. The number of carbonyl (C=O) groups excluding carboxylic acids is 1. The molecule has 2 aromatic carbocycles. The second kappa shape index (κ2) is 7.73. The lowest BCUT2D eigenvalue weighted by Crippen LogP contribution is -2.59. The highest BCUT2D eigenvalue weighted by Gasteiger charge is 2.50. The lowest BCUT2D eigenvalue weighted by Gasteiger charge is -2.52.